The van der Waals surface area contributed by atoms with E-state index in [0.717, 1.165) is 16.9 Å². The van der Waals surface area contributed by atoms with Crippen molar-refractivity contribution in [3.05, 3.63) is 59.1 Å². The van der Waals surface area contributed by atoms with Gasteiger partial charge < -0.3 is 10.2 Å². The van der Waals surface area contributed by atoms with E-state index in [1.165, 1.54) is 0 Å². The monoisotopic (exact) mass is 272 g/mol. The molecular formula is C15H13ClN2O. The predicted octanol–water partition coefficient (Wildman–Crippen LogP) is 3.47. The molecule has 0 spiro atoms. The Bertz CT molecular complexity index is 627. The van der Waals surface area contributed by atoms with E-state index in [2.05, 4.69) is 5.32 Å². The minimum absolute atomic E-state index is 0.0287. The van der Waals surface area contributed by atoms with Crippen LogP contribution in [0.2, 0.25) is 5.02 Å². The quantitative estimate of drug-likeness (QED) is 0.862. The number of nitrogens with one attached hydrogen (secondary N) is 1. The number of halogens is 1. The highest BCUT2D eigenvalue weighted by Gasteiger charge is 2.31. The smallest absolute Gasteiger partial charge is 0.253 e. The zero-order valence-electron chi connectivity index (χ0n) is 10.4. The summed E-state index contributed by atoms with van der Waals surface area (Å²) in [5.41, 5.74) is 2.68. The van der Waals surface area contributed by atoms with Gasteiger partial charge in [0.05, 0.1) is 11.4 Å². The highest BCUT2D eigenvalue weighted by atomic mass is 35.5. The summed E-state index contributed by atoms with van der Waals surface area (Å²) in [6.07, 6.45) is 0. The minimum atomic E-state index is -0.364. The third-order valence-corrected chi connectivity index (χ3v) is 3.57. The second kappa shape index (κ2) is 4.59. The Morgan fingerprint density at radius 1 is 1.16 bits per heavy atom. The molecule has 0 saturated heterocycles. The number of likely N-dealkylation sites (N-methyl/N-ethyl adjacent to an activating group) is 1. The summed E-state index contributed by atoms with van der Waals surface area (Å²) in [6, 6.07) is 14.8. The summed E-state index contributed by atoms with van der Waals surface area (Å²) < 4.78 is 0. The Hall–Kier alpha value is -2.00. The molecule has 1 atom stereocenters. The average molecular weight is 273 g/mol. The summed E-state index contributed by atoms with van der Waals surface area (Å²) in [5.74, 6) is 0.0287. The molecule has 0 saturated carbocycles. The van der Waals surface area contributed by atoms with Crippen molar-refractivity contribution in [2.75, 3.05) is 17.3 Å². The molecule has 0 radical (unpaired) electrons. The van der Waals surface area contributed by atoms with E-state index >= 15 is 0 Å². The van der Waals surface area contributed by atoms with Gasteiger partial charge in [-0.3, -0.25) is 4.79 Å². The minimum Gasteiger partial charge on any atom is -0.368 e. The molecule has 0 aliphatic carbocycles. The maximum atomic E-state index is 12.4. The normalized spacial score (nSPS) is 17.9. The van der Waals surface area contributed by atoms with Crippen LogP contribution in [0.3, 0.4) is 0 Å². The molecule has 1 heterocycles. The van der Waals surface area contributed by atoms with Crippen LogP contribution in [0.15, 0.2) is 48.5 Å². The molecule has 3 rings (SSSR count). The Balaban J connectivity index is 2.05. The lowest BCUT2D eigenvalue weighted by Gasteiger charge is -2.33. The van der Waals surface area contributed by atoms with Gasteiger partial charge in [-0.15, -0.1) is 0 Å². The number of hydrogen-bond acceptors (Lipinski definition) is 2. The number of hydrogen-bond donors (Lipinski definition) is 1. The lowest BCUT2D eigenvalue weighted by molar-refractivity contribution is -0.119. The first-order valence-electron chi connectivity index (χ1n) is 6.05. The average Bonchev–Trinajstić information content (AvgIpc) is 2.43. The van der Waals surface area contributed by atoms with Crippen LogP contribution in [0, 0.1) is 0 Å². The topological polar surface area (TPSA) is 32.3 Å². The van der Waals surface area contributed by atoms with E-state index in [9.17, 15) is 4.79 Å². The SMILES string of the molecule is CN1C(=O)C(c2ccccc2)Nc2cc(Cl)ccc21. The standard InChI is InChI=1S/C15H13ClN2O/c1-18-13-8-7-11(16)9-12(13)17-14(15(18)19)10-5-3-2-4-6-10/h2-9,14,17H,1H3. The Labute approximate surface area is 116 Å². The van der Waals surface area contributed by atoms with Crippen molar-refractivity contribution in [2.24, 2.45) is 0 Å². The van der Waals surface area contributed by atoms with Gasteiger partial charge in [0.25, 0.3) is 5.91 Å². The van der Waals surface area contributed by atoms with E-state index in [1.807, 2.05) is 42.5 Å². The third-order valence-electron chi connectivity index (χ3n) is 3.33. The number of carbonyl (C=O) groups excluding carboxylic acids is 1. The predicted molar refractivity (Wildman–Crippen MR) is 77.7 cm³/mol. The van der Waals surface area contributed by atoms with E-state index in [1.54, 1.807) is 18.0 Å². The van der Waals surface area contributed by atoms with Crippen LogP contribution >= 0.6 is 11.6 Å². The van der Waals surface area contributed by atoms with Gasteiger partial charge in [0, 0.05) is 12.1 Å². The van der Waals surface area contributed by atoms with Crippen LogP contribution in [-0.4, -0.2) is 13.0 Å². The van der Waals surface area contributed by atoms with Crippen molar-refractivity contribution >= 4 is 28.9 Å². The highest BCUT2D eigenvalue weighted by molar-refractivity contribution is 6.31. The first kappa shape index (κ1) is 12.1. The second-order valence-electron chi connectivity index (χ2n) is 4.55. The van der Waals surface area contributed by atoms with Gasteiger partial charge >= 0.3 is 0 Å². The third kappa shape index (κ3) is 2.06. The van der Waals surface area contributed by atoms with Gasteiger partial charge in [0.15, 0.2) is 0 Å². The summed E-state index contributed by atoms with van der Waals surface area (Å²) in [7, 11) is 1.78. The second-order valence-corrected chi connectivity index (χ2v) is 4.98. The van der Waals surface area contributed by atoms with Crippen molar-refractivity contribution in [1.29, 1.82) is 0 Å². The molecule has 4 heteroatoms. The fraction of sp³-hybridized carbons (Fsp3) is 0.133. The number of carbonyl (C=O) groups is 1. The molecule has 2 aromatic carbocycles. The van der Waals surface area contributed by atoms with Crippen LogP contribution in [0.25, 0.3) is 0 Å². The number of anilines is 2. The molecule has 19 heavy (non-hydrogen) atoms. The van der Waals surface area contributed by atoms with Gasteiger partial charge in [-0.25, -0.2) is 0 Å². The largest absolute Gasteiger partial charge is 0.368 e. The fourth-order valence-corrected chi connectivity index (χ4v) is 2.49. The molecule has 1 aliphatic heterocycles. The molecule has 0 aromatic heterocycles. The number of benzene rings is 2. The zero-order valence-corrected chi connectivity index (χ0v) is 11.2. The van der Waals surface area contributed by atoms with E-state index in [-0.39, 0.29) is 11.9 Å². The number of amides is 1. The van der Waals surface area contributed by atoms with Crippen LogP contribution in [-0.2, 0) is 4.79 Å². The summed E-state index contributed by atoms with van der Waals surface area (Å²) in [4.78, 5) is 14.1. The molecule has 1 N–H and O–H groups in total. The molecule has 96 valence electrons. The van der Waals surface area contributed by atoms with Crippen LogP contribution in [0.1, 0.15) is 11.6 Å². The summed E-state index contributed by atoms with van der Waals surface area (Å²) in [6.45, 7) is 0. The van der Waals surface area contributed by atoms with Crippen LogP contribution in [0.4, 0.5) is 11.4 Å². The highest BCUT2D eigenvalue weighted by Crippen LogP contribution is 2.37. The van der Waals surface area contributed by atoms with Crippen LogP contribution < -0.4 is 10.2 Å². The molecule has 1 amide bonds. The van der Waals surface area contributed by atoms with Crippen molar-refractivity contribution in [3.8, 4) is 0 Å². The van der Waals surface area contributed by atoms with Gasteiger partial charge in [-0.2, -0.15) is 0 Å². The summed E-state index contributed by atoms with van der Waals surface area (Å²) in [5, 5.41) is 3.91. The zero-order chi connectivity index (χ0) is 13.4. The van der Waals surface area contributed by atoms with Gasteiger partial charge in [-0.1, -0.05) is 41.9 Å². The Morgan fingerprint density at radius 2 is 1.89 bits per heavy atom. The van der Waals surface area contributed by atoms with Crippen molar-refractivity contribution < 1.29 is 4.79 Å². The number of nitrogens with zero attached hydrogens (tertiary/aromatic N) is 1. The lowest BCUT2D eigenvalue weighted by Crippen LogP contribution is -2.39. The van der Waals surface area contributed by atoms with E-state index in [4.69, 9.17) is 11.6 Å². The number of rotatable bonds is 1. The van der Waals surface area contributed by atoms with E-state index in [0.29, 0.717) is 5.02 Å². The number of fused-ring (bicyclic) bond motifs is 1. The van der Waals surface area contributed by atoms with Crippen LogP contribution in [0.5, 0.6) is 0 Å². The first-order valence-corrected chi connectivity index (χ1v) is 6.43. The van der Waals surface area contributed by atoms with E-state index < -0.39 is 0 Å². The molecule has 1 unspecified atom stereocenters. The summed E-state index contributed by atoms with van der Waals surface area (Å²) >= 11 is 6.01. The van der Waals surface area contributed by atoms with Crippen molar-refractivity contribution in [2.45, 2.75) is 6.04 Å². The molecular weight excluding hydrogens is 260 g/mol. The maximum absolute atomic E-state index is 12.4. The molecule has 3 nitrogen and oxygen atoms in total. The Morgan fingerprint density at radius 3 is 2.63 bits per heavy atom. The van der Waals surface area contributed by atoms with Gasteiger partial charge in [-0.05, 0) is 23.8 Å². The molecule has 0 fully saturated rings. The molecule has 2 aromatic rings. The lowest BCUT2D eigenvalue weighted by atomic mass is 10.0. The molecule has 0 bridgehead atoms. The van der Waals surface area contributed by atoms with Crippen molar-refractivity contribution in [3.63, 3.8) is 0 Å². The molecule has 1 aliphatic rings. The Kier molecular flexibility index (Phi) is 2.91. The maximum Gasteiger partial charge on any atom is 0.253 e. The fourth-order valence-electron chi connectivity index (χ4n) is 2.32. The van der Waals surface area contributed by atoms with Crippen molar-refractivity contribution in [1.82, 2.24) is 0 Å². The van der Waals surface area contributed by atoms with Gasteiger partial charge in [0.2, 0.25) is 0 Å². The van der Waals surface area contributed by atoms with Gasteiger partial charge in [0.1, 0.15) is 6.04 Å². The first-order chi connectivity index (χ1) is 9.16.